The zero-order valence-corrected chi connectivity index (χ0v) is 19.9. The van der Waals surface area contributed by atoms with E-state index in [1.165, 1.54) is 9.87 Å². The van der Waals surface area contributed by atoms with Crippen LogP contribution in [0.4, 0.5) is 17.5 Å². The van der Waals surface area contributed by atoms with Crippen molar-refractivity contribution in [2.75, 3.05) is 36.4 Å². The van der Waals surface area contributed by atoms with E-state index in [0.29, 0.717) is 43.4 Å². The van der Waals surface area contributed by atoms with Crippen LogP contribution in [0, 0.1) is 13.8 Å². The van der Waals surface area contributed by atoms with Gasteiger partial charge in [-0.05, 0) is 38.1 Å². The molecule has 10 heteroatoms. The second-order valence-corrected chi connectivity index (χ2v) is 10.4. The fourth-order valence-electron chi connectivity index (χ4n) is 4.04. The molecule has 5 rings (SSSR count). The monoisotopic (exact) mass is 478 g/mol. The molecule has 1 saturated heterocycles. The molecular weight excluding hydrogens is 452 g/mol. The molecule has 1 N–H and O–H groups in total. The van der Waals surface area contributed by atoms with Gasteiger partial charge in [-0.1, -0.05) is 35.0 Å². The van der Waals surface area contributed by atoms with Gasteiger partial charge in [0.2, 0.25) is 16.0 Å². The molecule has 0 unspecified atom stereocenters. The van der Waals surface area contributed by atoms with Gasteiger partial charge in [-0.2, -0.15) is 9.29 Å². The van der Waals surface area contributed by atoms with Crippen molar-refractivity contribution in [1.29, 1.82) is 0 Å². The van der Waals surface area contributed by atoms with Gasteiger partial charge >= 0.3 is 0 Å². The van der Waals surface area contributed by atoms with Gasteiger partial charge in [0.25, 0.3) is 0 Å². The Morgan fingerprint density at radius 3 is 2.47 bits per heavy atom. The maximum Gasteiger partial charge on any atom is 0.229 e. The molecule has 1 aliphatic heterocycles. The number of aryl methyl sites for hydroxylation is 2. The van der Waals surface area contributed by atoms with Crippen LogP contribution in [0.5, 0.6) is 0 Å². The van der Waals surface area contributed by atoms with Gasteiger partial charge in [0.1, 0.15) is 17.3 Å². The van der Waals surface area contributed by atoms with Crippen LogP contribution in [0.3, 0.4) is 0 Å². The van der Waals surface area contributed by atoms with Gasteiger partial charge in [0.15, 0.2) is 5.58 Å². The van der Waals surface area contributed by atoms with Gasteiger partial charge in [-0.3, -0.25) is 0 Å². The summed E-state index contributed by atoms with van der Waals surface area (Å²) in [6, 6.07) is 17.2. The molecule has 4 aromatic rings. The summed E-state index contributed by atoms with van der Waals surface area (Å²) in [5.74, 6) is 1.12. The van der Waals surface area contributed by atoms with Crippen LogP contribution < -0.4 is 10.2 Å². The summed E-state index contributed by atoms with van der Waals surface area (Å²) in [4.78, 5) is 11.3. The maximum absolute atomic E-state index is 13.1. The van der Waals surface area contributed by atoms with E-state index in [1.54, 1.807) is 6.07 Å². The third-order valence-corrected chi connectivity index (χ3v) is 7.67. The van der Waals surface area contributed by atoms with Crippen LogP contribution in [0.1, 0.15) is 17.0 Å². The molecule has 0 radical (unpaired) electrons. The Morgan fingerprint density at radius 1 is 0.971 bits per heavy atom. The molecule has 1 aliphatic rings. The standard InChI is InChI=1S/C24H26N6O3S/c1-17-7-9-19(10-8-17)26-24-25-18(2)15-23(27-24)29-11-13-30(14-12-29)34(31,32)16-21-20-5-3-4-6-22(20)33-28-21/h3-10,15H,11-14,16H2,1-2H3,(H,25,26,27). The van der Waals surface area contributed by atoms with Crippen molar-refractivity contribution in [2.24, 2.45) is 0 Å². The molecular formula is C24H26N6O3S. The zero-order valence-electron chi connectivity index (χ0n) is 19.1. The lowest BCUT2D eigenvalue weighted by molar-refractivity contribution is 0.381. The number of fused-ring (bicyclic) bond motifs is 1. The number of hydrogen-bond donors (Lipinski definition) is 1. The highest BCUT2D eigenvalue weighted by molar-refractivity contribution is 7.88. The van der Waals surface area contributed by atoms with Crippen molar-refractivity contribution in [3.63, 3.8) is 0 Å². The van der Waals surface area contributed by atoms with Gasteiger partial charge in [-0.25, -0.2) is 13.4 Å². The van der Waals surface area contributed by atoms with Crippen LogP contribution in [-0.2, 0) is 15.8 Å². The Balaban J connectivity index is 1.26. The van der Waals surface area contributed by atoms with Crippen molar-refractivity contribution in [3.05, 3.63) is 71.5 Å². The molecule has 0 amide bonds. The number of rotatable bonds is 6. The number of benzene rings is 2. The largest absolute Gasteiger partial charge is 0.356 e. The molecule has 0 bridgehead atoms. The highest BCUT2D eigenvalue weighted by atomic mass is 32.2. The number of nitrogens with one attached hydrogen (secondary N) is 1. The molecule has 9 nitrogen and oxygen atoms in total. The second kappa shape index (κ2) is 9.03. The first-order valence-corrected chi connectivity index (χ1v) is 12.7. The molecule has 1 fully saturated rings. The van der Waals surface area contributed by atoms with E-state index in [4.69, 9.17) is 4.52 Å². The van der Waals surface area contributed by atoms with E-state index < -0.39 is 10.0 Å². The van der Waals surface area contributed by atoms with E-state index in [2.05, 4.69) is 25.3 Å². The fraction of sp³-hybridized carbons (Fsp3) is 0.292. The van der Waals surface area contributed by atoms with Crippen LogP contribution in [0.25, 0.3) is 11.0 Å². The number of anilines is 3. The topological polar surface area (TPSA) is 104 Å². The van der Waals surface area contributed by atoms with E-state index in [1.807, 2.05) is 62.4 Å². The Labute approximate surface area is 198 Å². The highest BCUT2D eigenvalue weighted by Crippen LogP contribution is 2.24. The van der Waals surface area contributed by atoms with E-state index >= 15 is 0 Å². The number of nitrogens with zero attached hydrogens (tertiary/aromatic N) is 5. The Kier molecular flexibility index (Phi) is 5.93. The normalized spacial score (nSPS) is 15.1. The van der Waals surface area contributed by atoms with E-state index in [9.17, 15) is 8.42 Å². The molecule has 0 spiro atoms. The van der Waals surface area contributed by atoms with Gasteiger partial charge in [0, 0.05) is 49.0 Å². The molecule has 0 atom stereocenters. The van der Waals surface area contributed by atoms with Gasteiger partial charge in [-0.15, -0.1) is 0 Å². The number of hydrogen-bond acceptors (Lipinski definition) is 8. The highest BCUT2D eigenvalue weighted by Gasteiger charge is 2.29. The van der Waals surface area contributed by atoms with Crippen LogP contribution in [-0.4, -0.2) is 54.0 Å². The Hall–Kier alpha value is -3.50. The SMILES string of the molecule is Cc1ccc(Nc2nc(C)cc(N3CCN(S(=O)(=O)Cc4noc5ccccc45)CC3)n2)cc1. The maximum atomic E-state index is 13.1. The number of piperazine rings is 1. The molecule has 176 valence electrons. The second-order valence-electron chi connectivity index (χ2n) is 8.45. The van der Waals surface area contributed by atoms with Crippen LogP contribution >= 0.6 is 0 Å². The smallest absolute Gasteiger partial charge is 0.229 e. The summed E-state index contributed by atoms with van der Waals surface area (Å²) in [5, 5.41) is 7.97. The lowest BCUT2D eigenvalue weighted by atomic mass is 10.2. The molecule has 34 heavy (non-hydrogen) atoms. The molecule has 2 aromatic carbocycles. The number of aromatic nitrogens is 3. The minimum atomic E-state index is -3.52. The van der Waals surface area contributed by atoms with Crippen molar-refractivity contribution in [3.8, 4) is 0 Å². The minimum Gasteiger partial charge on any atom is -0.356 e. The summed E-state index contributed by atoms with van der Waals surface area (Å²) in [6.45, 7) is 5.80. The molecule has 0 aliphatic carbocycles. The first-order valence-electron chi connectivity index (χ1n) is 11.1. The van der Waals surface area contributed by atoms with Gasteiger partial charge < -0.3 is 14.7 Å². The first-order chi connectivity index (χ1) is 16.4. The van der Waals surface area contributed by atoms with Crippen molar-refractivity contribution >= 4 is 38.4 Å². The molecule has 3 heterocycles. The van der Waals surface area contributed by atoms with Crippen LogP contribution in [0.2, 0.25) is 0 Å². The summed E-state index contributed by atoms with van der Waals surface area (Å²) in [6.07, 6.45) is 0. The third-order valence-electron chi connectivity index (χ3n) is 5.88. The average Bonchev–Trinajstić information content (AvgIpc) is 3.22. The third kappa shape index (κ3) is 4.73. The van der Waals surface area contributed by atoms with Gasteiger partial charge in [0.05, 0.1) is 0 Å². The zero-order chi connectivity index (χ0) is 23.7. The molecule has 2 aromatic heterocycles. The average molecular weight is 479 g/mol. The van der Waals surface area contributed by atoms with Crippen molar-refractivity contribution in [2.45, 2.75) is 19.6 Å². The Morgan fingerprint density at radius 2 is 1.71 bits per heavy atom. The quantitative estimate of drug-likeness (QED) is 0.448. The summed E-state index contributed by atoms with van der Waals surface area (Å²) >= 11 is 0. The first kappa shape index (κ1) is 22.3. The van der Waals surface area contributed by atoms with E-state index in [-0.39, 0.29) is 5.75 Å². The lowest BCUT2D eigenvalue weighted by Gasteiger charge is -2.34. The fourth-order valence-corrected chi connectivity index (χ4v) is 5.49. The lowest BCUT2D eigenvalue weighted by Crippen LogP contribution is -2.49. The summed E-state index contributed by atoms with van der Waals surface area (Å²) < 4.78 is 32.9. The molecule has 0 saturated carbocycles. The van der Waals surface area contributed by atoms with Crippen LogP contribution in [0.15, 0.2) is 59.1 Å². The van der Waals surface area contributed by atoms with E-state index in [0.717, 1.165) is 22.6 Å². The Bertz CT molecular complexity index is 1410. The number of sulfonamides is 1. The number of para-hydroxylation sites is 1. The minimum absolute atomic E-state index is 0.179. The van der Waals surface area contributed by atoms with Crippen molar-refractivity contribution < 1.29 is 12.9 Å². The summed E-state index contributed by atoms with van der Waals surface area (Å²) in [5.41, 5.74) is 3.97. The summed E-state index contributed by atoms with van der Waals surface area (Å²) in [7, 11) is -3.52. The predicted octanol–water partition coefficient (Wildman–Crippen LogP) is 3.63. The van der Waals surface area contributed by atoms with Crippen molar-refractivity contribution in [1.82, 2.24) is 19.4 Å². The predicted molar refractivity (Wildman–Crippen MR) is 132 cm³/mol.